The van der Waals surface area contributed by atoms with Crippen LogP contribution in [0, 0.1) is 13.8 Å². The van der Waals surface area contributed by atoms with Crippen LogP contribution in [0.4, 0.5) is 5.82 Å². The van der Waals surface area contributed by atoms with Gasteiger partial charge in [-0.1, -0.05) is 18.2 Å². The molecule has 0 aliphatic carbocycles. The number of anilines is 1. The topological polar surface area (TPSA) is 60.0 Å². The number of nitrogens with one attached hydrogen (secondary N) is 1. The molecule has 0 spiro atoms. The van der Waals surface area contributed by atoms with E-state index in [-0.39, 0.29) is 0 Å². The Bertz CT molecular complexity index is 1010. The fraction of sp³-hybridized carbons (Fsp3) is 0.167. The van der Waals surface area contributed by atoms with Crippen LogP contribution in [0.2, 0.25) is 0 Å². The number of para-hydroxylation sites is 1. The van der Waals surface area contributed by atoms with E-state index in [4.69, 9.17) is 5.10 Å². The number of benzene rings is 1. The van der Waals surface area contributed by atoms with Crippen LogP contribution < -0.4 is 5.32 Å². The Morgan fingerprint density at radius 3 is 2.50 bits per heavy atom. The number of fused-ring (bicyclic) bond motifs is 1. The van der Waals surface area contributed by atoms with Gasteiger partial charge in [0.15, 0.2) is 5.65 Å². The molecule has 0 aliphatic heterocycles. The minimum atomic E-state index is 0.759. The minimum absolute atomic E-state index is 0.759. The lowest BCUT2D eigenvalue weighted by molar-refractivity contribution is 0.886. The molecule has 0 bridgehead atoms. The number of rotatable bonds is 3. The van der Waals surface area contributed by atoms with Crippen LogP contribution in [0.25, 0.3) is 22.6 Å². The molecule has 3 heterocycles. The summed E-state index contributed by atoms with van der Waals surface area (Å²) in [6, 6.07) is 14.1. The molecule has 6 heteroatoms. The summed E-state index contributed by atoms with van der Waals surface area (Å²) < 4.78 is 3.73. The van der Waals surface area contributed by atoms with Gasteiger partial charge in [0.25, 0.3) is 0 Å². The first kappa shape index (κ1) is 14.4. The Balaban J connectivity index is 1.89. The quantitative estimate of drug-likeness (QED) is 0.630. The van der Waals surface area contributed by atoms with Gasteiger partial charge in [-0.25, -0.2) is 14.2 Å². The zero-order valence-electron chi connectivity index (χ0n) is 13.9. The molecule has 0 unspecified atom stereocenters. The van der Waals surface area contributed by atoms with Crippen molar-refractivity contribution in [2.45, 2.75) is 13.8 Å². The van der Waals surface area contributed by atoms with Gasteiger partial charge in [0.05, 0.1) is 11.4 Å². The van der Waals surface area contributed by atoms with Crippen LogP contribution >= 0.6 is 0 Å². The van der Waals surface area contributed by atoms with E-state index in [1.807, 2.05) is 67.3 Å². The van der Waals surface area contributed by atoms with Crippen molar-refractivity contribution in [2.24, 2.45) is 0 Å². The van der Waals surface area contributed by atoms with Crippen molar-refractivity contribution in [3.63, 3.8) is 0 Å². The number of hydrogen-bond acceptors (Lipinski definition) is 4. The number of nitrogens with zero attached hydrogens (tertiary/aromatic N) is 5. The summed E-state index contributed by atoms with van der Waals surface area (Å²) >= 11 is 0. The molecule has 120 valence electrons. The predicted octanol–water partition coefficient (Wildman–Crippen LogP) is 3.24. The number of hydrogen-bond donors (Lipinski definition) is 1. The van der Waals surface area contributed by atoms with Gasteiger partial charge in [-0.05, 0) is 38.1 Å². The molecular weight excluding hydrogens is 300 g/mol. The molecule has 24 heavy (non-hydrogen) atoms. The van der Waals surface area contributed by atoms with Crippen LogP contribution in [-0.4, -0.2) is 31.4 Å². The van der Waals surface area contributed by atoms with E-state index >= 15 is 0 Å². The van der Waals surface area contributed by atoms with Gasteiger partial charge in [-0.3, -0.25) is 0 Å². The molecule has 3 aromatic heterocycles. The second kappa shape index (κ2) is 5.49. The SMILES string of the molecule is CNc1c(C)c(-c2ccc3nc(C)nn3c2)nn1-c1ccccc1. The Morgan fingerprint density at radius 1 is 0.958 bits per heavy atom. The molecule has 4 rings (SSSR count). The molecule has 1 aromatic carbocycles. The van der Waals surface area contributed by atoms with Crippen molar-refractivity contribution in [3.8, 4) is 16.9 Å². The first-order valence-corrected chi connectivity index (χ1v) is 7.83. The third kappa shape index (κ3) is 2.23. The van der Waals surface area contributed by atoms with E-state index < -0.39 is 0 Å². The third-order valence-electron chi connectivity index (χ3n) is 4.07. The summed E-state index contributed by atoms with van der Waals surface area (Å²) in [5, 5.41) is 12.5. The molecule has 1 N–H and O–H groups in total. The van der Waals surface area contributed by atoms with E-state index in [2.05, 4.69) is 22.3 Å². The molecule has 0 saturated carbocycles. The maximum absolute atomic E-state index is 4.83. The highest BCUT2D eigenvalue weighted by atomic mass is 15.3. The fourth-order valence-electron chi connectivity index (χ4n) is 2.95. The summed E-state index contributed by atoms with van der Waals surface area (Å²) in [7, 11) is 1.91. The van der Waals surface area contributed by atoms with Crippen LogP contribution in [-0.2, 0) is 0 Å². The van der Waals surface area contributed by atoms with E-state index in [0.29, 0.717) is 0 Å². The van der Waals surface area contributed by atoms with Crippen molar-refractivity contribution in [1.82, 2.24) is 24.4 Å². The second-order valence-corrected chi connectivity index (χ2v) is 5.70. The molecule has 0 radical (unpaired) electrons. The van der Waals surface area contributed by atoms with Crippen molar-refractivity contribution in [1.29, 1.82) is 0 Å². The molecular formula is C18H18N6. The van der Waals surface area contributed by atoms with Crippen molar-refractivity contribution >= 4 is 11.5 Å². The highest BCUT2D eigenvalue weighted by molar-refractivity contribution is 5.70. The lowest BCUT2D eigenvalue weighted by Gasteiger charge is -2.06. The summed E-state index contributed by atoms with van der Waals surface area (Å²) in [6.45, 7) is 3.96. The second-order valence-electron chi connectivity index (χ2n) is 5.70. The molecule has 0 aliphatic rings. The van der Waals surface area contributed by atoms with E-state index in [9.17, 15) is 0 Å². The molecule has 0 amide bonds. The van der Waals surface area contributed by atoms with Crippen molar-refractivity contribution in [3.05, 3.63) is 60.0 Å². The zero-order chi connectivity index (χ0) is 16.7. The number of aromatic nitrogens is 5. The maximum Gasteiger partial charge on any atom is 0.155 e. The Morgan fingerprint density at radius 2 is 1.75 bits per heavy atom. The summed E-state index contributed by atoms with van der Waals surface area (Å²) in [4.78, 5) is 4.37. The molecule has 4 aromatic rings. The standard InChI is InChI=1S/C18H18N6/c1-12-17(14-9-10-16-20-13(2)21-23(16)11-14)22-24(18(12)19-3)15-7-5-4-6-8-15/h4-11,19H,1-3H3. The summed E-state index contributed by atoms with van der Waals surface area (Å²) in [5.41, 5.74) is 4.89. The third-order valence-corrected chi connectivity index (χ3v) is 4.07. The minimum Gasteiger partial charge on any atom is -0.373 e. The van der Waals surface area contributed by atoms with Crippen molar-refractivity contribution in [2.75, 3.05) is 12.4 Å². The molecule has 0 fully saturated rings. The Kier molecular flexibility index (Phi) is 3.30. The lowest BCUT2D eigenvalue weighted by atomic mass is 10.1. The average molecular weight is 318 g/mol. The van der Waals surface area contributed by atoms with E-state index in [1.54, 1.807) is 4.52 Å². The van der Waals surface area contributed by atoms with Gasteiger partial charge in [0.2, 0.25) is 0 Å². The first-order valence-electron chi connectivity index (χ1n) is 7.83. The fourth-order valence-corrected chi connectivity index (χ4v) is 2.95. The van der Waals surface area contributed by atoms with E-state index in [0.717, 1.165) is 39.8 Å². The predicted molar refractivity (Wildman–Crippen MR) is 94.6 cm³/mol. The van der Waals surface area contributed by atoms with Gasteiger partial charge in [-0.2, -0.15) is 10.2 Å². The van der Waals surface area contributed by atoms with Crippen LogP contribution in [0.1, 0.15) is 11.4 Å². The van der Waals surface area contributed by atoms with Crippen molar-refractivity contribution < 1.29 is 0 Å². The monoisotopic (exact) mass is 318 g/mol. The normalized spacial score (nSPS) is 11.1. The molecule has 6 nitrogen and oxygen atoms in total. The average Bonchev–Trinajstić information content (AvgIpc) is 3.13. The van der Waals surface area contributed by atoms with Gasteiger partial charge in [0.1, 0.15) is 11.6 Å². The first-order chi connectivity index (χ1) is 11.7. The van der Waals surface area contributed by atoms with Gasteiger partial charge in [0, 0.05) is 24.4 Å². The molecule has 0 atom stereocenters. The van der Waals surface area contributed by atoms with Gasteiger partial charge in [-0.15, -0.1) is 0 Å². The van der Waals surface area contributed by atoms with E-state index in [1.165, 1.54) is 0 Å². The summed E-state index contributed by atoms with van der Waals surface area (Å²) in [6.07, 6.45) is 1.97. The van der Waals surface area contributed by atoms with Gasteiger partial charge >= 0.3 is 0 Å². The number of aryl methyl sites for hydroxylation is 1. The van der Waals surface area contributed by atoms with Crippen LogP contribution in [0.15, 0.2) is 48.7 Å². The molecule has 0 saturated heterocycles. The zero-order valence-corrected chi connectivity index (χ0v) is 13.9. The highest BCUT2D eigenvalue weighted by Crippen LogP contribution is 2.30. The lowest BCUT2D eigenvalue weighted by Crippen LogP contribution is -2.02. The largest absolute Gasteiger partial charge is 0.373 e. The summed E-state index contributed by atoms with van der Waals surface area (Å²) in [5.74, 6) is 1.74. The van der Waals surface area contributed by atoms with Gasteiger partial charge < -0.3 is 5.32 Å². The smallest absolute Gasteiger partial charge is 0.155 e. The van der Waals surface area contributed by atoms with Crippen LogP contribution in [0.3, 0.4) is 0 Å². The van der Waals surface area contributed by atoms with Crippen LogP contribution in [0.5, 0.6) is 0 Å². The number of pyridine rings is 1. The maximum atomic E-state index is 4.83. The Hall–Kier alpha value is -3.15. The highest BCUT2D eigenvalue weighted by Gasteiger charge is 2.16. The Labute approximate surface area is 139 Å².